The number of carbonyl (C=O) groups excluding carboxylic acids is 1. The van der Waals surface area contributed by atoms with E-state index in [1.165, 1.54) is 4.31 Å². The lowest BCUT2D eigenvalue weighted by Gasteiger charge is -2.34. The van der Waals surface area contributed by atoms with E-state index in [1.807, 2.05) is 0 Å². The number of nitrogens with zero attached hydrogens (tertiary/aromatic N) is 2. The Bertz CT molecular complexity index is 685. The molecule has 3 rings (SSSR count). The lowest BCUT2D eigenvalue weighted by Crippen LogP contribution is -2.49. The highest BCUT2D eigenvalue weighted by Crippen LogP contribution is 2.24. The second-order valence-electron chi connectivity index (χ2n) is 7.10. The molecule has 1 aromatic carbocycles. The smallest absolute Gasteiger partial charge is 0.243 e. The Balaban J connectivity index is 1.62. The minimum Gasteiger partial charge on any atom is -0.353 e. The van der Waals surface area contributed by atoms with Crippen molar-refractivity contribution >= 4 is 15.9 Å². The maximum atomic E-state index is 12.8. The quantitative estimate of drug-likeness (QED) is 0.873. The Morgan fingerprint density at radius 2 is 1.76 bits per heavy atom. The Morgan fingerprint density at radius 1 is 1.08 bits per heavy atom. The van der Waals surface area contributed by atoms with Gasteiger partial charge in [-0.15, -0.1) is 0 Å². The van der Waals surface area contributed by atoms with Gasteiger partial charge in [-0.3, -0.25) is 4.79 Å². The molecule has 25 heavy (non-hydrogen) atoms. The van der Waals surface area contributed by atoms with E-state index in [1.54, 1.807) is 30.3 Å². The van der Waals surface area contributed by atoms with Crippen LogP contribution in [0.3, 0.4) is 0 Å². The number of amides is 1. The molecule has 1 amide bonds. The highest BCUT2D eigenvalue weighted by molar-refractivity contribution is 7.89. The second-order valence-corrected chi connectivity index (χ2v) is 9.04. The summed E-state index contributed by atoms with van der Waals surface area (Å²) in [5.74, 6) is -0.255. The molecule has 2 saturated heterocycles. The maximum absolute atomic E-state index is 12.8. The number of hydrogen-bond acceptors (Lipinski definition) is 4. The van der Waals surface area contributed by atoms with Gasteiger partial charge in [0.25, 0.3) is 0 Å². The van der Waals surface area contributed by atoms with Crippen LogP contribution >= 0.6 is 0 Å². The number of piperidine rings is 2. The third-order valence-electron chi connectivity index (χ3n) is 5.20. The minimum absolute atomic E-state index is 0.00233. The first-order valence-corrected chi connectivity index (χ1v) is 10.4. The molecular formula is C18H27N3O3S. The highest BCUT2D eigenvalue weighted by atomic mass is 32.2. The summed E-state index contributed by atoms with van der Waals surface area (Å²) < 4.78 is 27.0. The van der Waals surface area contributed by atoms with Gasteiger partial charge in [0.05, 0.1) is 10.8 Å². The van der Waals surface area contributed by atoms with Crippen molar-refractivity contribution in [1.82, 2.24) is 14.5 Å². The number of nitrogens with one attached hydrogen (secondary N) is 1. The summed E-state index contributed by atoms with van der Waals surface area (Å²) in [7, 11) is -1.43. The summed E-state index contributed by atoms with van der Waals surface area (Å²) in [4.78, 5) is 15.2. The van der Waals surface area contributed by atoms with Crippen LogP contribution < -0.4 is 5.32 Å². The van der Waals surface area contributed by atoms with Gasteiger partial charge in [0.1, 0.15) is 0 Å². The van der Waals surface area contributed by atoms with Gasteiger partial charge in [-0.2, -0.15) is 4.31 Å². The van der Waals surface area contributed by atoms with Crippen molar-refractivity contribution in [3.8, 4) is 0 Å². The van der Waals surface area contributed by atoms with Gasteiger partial charge >= 0.3 is 0 Å². The van der Waals surface area contributed by atoms with Crippen LogP contribution in [0.5, 0.6) is 0 Å². The van der Waals surface area contributed by atoms with Gasteiger partial charge in [-0.1, -0.05) is 18.2 Å². The molecule has 2 aliphatic heterocycles. The summed E-state index contributed by atoms with van der Waals surface area (Å²) in [5, 5.41) is 3.13. The third-order valence-corrected chi connectivity index (χ3v) is 7.08. The number of likely N-dealkylation sites (tertiary alicyclic amines) is 1. The molecule has 138 valence electrons. The molecule has 1 N–H and O–H groups in total. The fourth-order valence-corrected chi connectivity index (χ4v) is 5.13. The predicted octanol–water partition coefficient (Wildman–Crippen LogP) is 1.30. The second kappa shape index (κ2) is 7.85. The molecule has 0 bridgehead atoms. The van der Waals surface area contributed by atoms with E-state index in [0.717, 1.165) is 38.8 Å². The molecule has 0 saturated carbocycles. The first-order valence-electron chi connectivity index (χ1n) is 9.01. The number of hydrogen-bond donors (Lipinski definition) is 1. The molecule has 0 aromatic heterocycles. The first-order chi connectivity index (χ1) is 12.0. The number of carbonyl (C=O) groups is 1. The Kier molecular flexibility index (Phi) is 5.76. The van der Waals surface area contributed by atoms with Crippen LogP contribution in [0.2, 0.25) is 0 Å². The number of benzene rings is 1. The monoisotopic (exact) mass is 365 g/mol. The predicted molar refractivity (Wildman–Crippen MR) is 96.6 cm³/mol. The molecule has 2 aliphatic rings. The summed E-state index contributed by atoms with van der Waals surface area (Å²) in [6.07, 6.45) is 3.39. The van der Waals surface area contributed by atoms with Crippen LogP contribution in [0, 0.1) is 5.92 Å². The summed E-state index contributed by atoms with van der Waals surface area (Å²) in [6.45, 7) is 2.74. The van der Waals surface area contributed by atoms with Gasteiger partial charge in [0.2, 0.25) is 15.9 Å². The molecule has 2 fully saturated rings. The van der Waals surface area contributed by atoms with Crippen LogP contribution in [-0.2, 0) is 14.8 Å². The van der Waals surface area contributed by atoms with Crippen molar-refractivity contribution in [2.75, 3.05) is 33.2 Å². The lowest BCUT2D eigenvalue weighted by atomic mass is 9.97. The molecule has 1 aromatic rings. The zero-order valence-corrected chi connectivity index (χ0v) is 15.5. The van der Waals surface area contributed by atoms with Gasteiger partial charge in [0.15, 0.2) is 0 Å². The zero-order chi connectivity index (χ0) is 17.9. The van der Waals surface area contributed by atoms with E-state index in [2.05, 4.69) is 17.3 Å². The van der Waals surface area contributed by atoms with E-state index < -0.39 is 10.0 Å². The van der Waals surface area contributed by atoms with Gasteiger partial charge in [-0.05, 0) is 58.0 Å². The molecule has 6 nitrogen and oxygen atoms in total. The summed E-state index contributed by atoms with van der Waals surface area (Å²) in [5.41, 5.74) is 0. The SMILES string of the molecule is CN1CCC(NC(=O)[C@H]2CCCN(S(=O)(=O)c3ccccc3)C2)CC1. The average Bonchev–Trinajstić information content (AvgIpc) is 2.64. The molecule has 2 heterocycles. The molecule has 7 heteroatoms. The summed E-state index contributed by atoms with van der Waals surface area (Å²) in [6, 6.07) is 8.68. The van der Waals surface area contributed by atoms with Gasteiger partial charge < -0.3 is 10.2 Å². The minimum atomic E-state index is -3.52. The largest absolute Gasteiger partial charge is 0.353 e. The van der Waals surface area contributed by atoms with E-state index in [4.69, 9.17) is 0 Å². The molecule has 1 atom stereocenters. The van der Waals surface area contributed by atoms with Crippen LogP contribution in [0.15, 0.2) is 35.2 Å². The fourth-order valence-electron chi connectivity index (χ4n) is 3.59. The Morgan fingerprint density at radius 3 is 2.44 bits per heavy atom. The molecule has 0 radical (unpaired) electrons. The molecule has 0 unspecified atom stereocenters. The summed E-state index contributed by atoms with van der Waals surface area (Å²) >= 11 is 0. The first kappa shape index (κ1) is 18.4. The Labute approximate surface area is 150 Å². The van der Waals surface area contributed by atoms with Gasteiger partial charge in [-0.25, -0.2) is 8.42 Å². The normalized spacial score (nSPS) is 24.1. The molecule has 0 aliphatic carbocycles. The average molecular weight is 365 g/mol. The van der Waals surface area contributed by atoms with E-state index in [-0.39, 0.29) is 24.4 Å². The topological polar surface area (TPSA) is 69.7 Å². The Hall–Kier alpha value is -1.44. The van der Waals surface area contributed by atoms with E-state index >= 15 is 0 Å². The van der Waals surface area contributed by atoms with Crippen molar-refractivity contribution in [2.24, 2.45) is 5.92 Å². The van der Waals surface area contributed by atoms with Crippen molar-refractivity contribution in [2.45, 2.75) is 36.6 Å². The van der Waals surface area contributed by atoms with Crippen LogP contribution in [0.1, 0.15) is 25.7 Å². The third kappa shape index (κ3) is 4.40. The van der Waals surface area contributed by atoms with Crippen molar-refractivity contribution in [1.29, 1.82) is 0 Å². The van der Waals surface area contributed by atoms with E-state index in [9.17, 15) is 13.2 Å². The van der Waals surface area contributed by atoms with Gasteiger partial charge in [0, 0.05) is 19.1 Å². The zero-order valence-electron chi connectivity index (χ0n) is 14.7. The number of rotatable bonds is 4. The van der Waals surface area contributed by atoms with Crippen LogP contribution in [0.4, 0.5) is 0 Å². The maximum Gasteiger partial charge on any atom is 0.243 e. The van der Waals surface area contributed by atoms with Crippen LogP contribution in [0.25, 0.3) is 0 Å². The highest BCUT2D eigenvalue weighted by Gasteiger charge is 2.34. The van der Waals surface area contributed by atoms with Crippen molar-refractivity contribution in [3.63, 3.8) is 0 Å². The molecule has 0 spiro atoms. The van der Waals surface area contributed by atoms with Crippen molar-refractivity contribution in [3.05, 3.63) is 30.3 Å². The lowest BCUT2D eigenvalue weighted by molar-refractivity contribution is -0.127. The standard InChI is InChI=1S/C18H27N3O3S/c1-20-12-9-16(10-13-20)19-18(22)15-6-5-11-21(14-15)25(23,24)17-7-3-2-4-8-17/h2-4,7-8,15-16H,5-6,9-14H2,1H3,(H,19,22)/t15-/m0/s1. The van der Waals surface area contributed by atoms with E-state index in [0.29, 0.717) is 11.4 Å². The molecular weight excluding hydrogens is 338 g/mol. The van der Waals surface area contributed by atoms with Crippen LogP contribution in [-0.4, -0.2) is 62.8 Å². The number of sulfonamides is 1. The van der Waals surface area contributed by atoms with Crippen molar-refractivity contribution < 1.29 is 13.2 Å². The fraction of sp³-hybridized carbons (Fsp3) is 0.611.